The van der Waals surface area contributed by atoms with Crippen molar-refractivity contribution in [2.75, 3.05) is 0 Å². The SMILES string of the molecule is CCCC(C(C)=O)N(Cc1ccccc1)Cc1ccccc1. The number of hydrogen-bond donors (Lipinski definition) is 0. The molecule has 0 aliphatic heterocycles. The Balaban J connectivity index is 2.20. The van der Waals surface area contributed by atoms with Crippen LogP contribution in [0.5, 0.6) is 0 Å². The third-order valence-corrected chi connectivity index (χ3v) is 3.93. The van der Waals surface area contributed by atoms with Crippen LogP contribution in [0.15, 0.2) is 60.7 Å². The summed E-state index contributed by atoms with van der Waals surface area (Å²) < 4.78 is 0. The minimum absolute atomic E-state index is 0.00888. The zero-order chi connectivity index (χ0) is 15.8. The van der Waals surface area contributed by atoms with E-state index in [1.165, 1.54) is 11.1 Å². The molecule has 0 fully saturated rings. The second-order valence-corrected chi connectivity index (χ2v) is 5.79. The van der Waals surface area contributed by atoms with Crippen LogP contribution in [0.25, 0.3) is 0 Å². The summed E-state index contributed by atoms with van der Waals surface area (Å²) in [5.74, 6) is 0.258. The first-order valence-electron chi connectivity index (χ1n) is 8.03. The van der Waals surface area contributed by atoms with Crippen molar-refractivity contribution in [2.24, 2.45) is 0 Å². The number of carbonyl (C=O) groups excluding carboxylic acids is 1. The molecular formula is C20H25NO. The normalized spacial score (nSPS) is 12.3. The molecule has 0 saturated heterocycles. The predicted molar refractivity (Wildman–Crippen MR) is 91.5 cm³/mol. The molecule has 2 nitrogen and oxygen atoms in total. The molecule has 22 heavy (non-hydrogen) atoms. The third kappa shape index (κ3) is 4.81. The van der Waals surface area contributed by atoms with E-state index in [0.29, 0.717) is 0 Å². The van der Waals surface area contributed by atoms with E-state index in [1.54, 1.807) is 6.92 Å². The van der Waals surface area contributed by atoms with Crippen molar-refractivity contribution < 1.29 is 4.79 Å². The van der Waals surface area contributed by atoms with E-state index >= 15 is 0 Å². The van der Waals surface area contributed by atoms with Gasteiger partial charge in [0.1, 0.15) is 5.78 Å². The lowest BCUT2D eigenvalue weighted by Crippen LogP contribution is -2.39. The van der Waals surface area contributed by atoms with Crippen LogP contribution in [0.2, 0.25) is 0 Å². The van der Waals surface area contributed by atoms with E-state index in [1.807, 2.05) is 12.1 Å². The van der Waals surface area contributed by atoms with Gasteiger partial charge in [0.15, 0.2) is 0 Å². The monoisotopic (exact) mass is 295 g/mol. The van der Waals surface area contributed by atoms with Crippen molar-refractivity contribution in [3.8, 4) is 0 Å². The summed E-state index contributed by atoms with van der Waals surface area (Å²) in [4.78, 5) is 14.4. The van der Waals surface area contributed by atoms with Gasteiger partial charge in [-0.05, 0) is 24.5 Å². The second kappa shape index (κ2) is 8.50. The molecule has 0 bridgehead atoms. The van der Waals surface area contributed by atoms with Gasteiger partial charge in [-0.3, -0.25) is 9.69 Å². The highest BCUT2D eigenvalue weighted by molar-refractivity contribution is 5.81. The summed E-state index contributed by atoms with van der Waals surface area (Å²) in [7, 11) is 0. The minimum atomic E-state index is -0.00888. The standard InChI is InChI=1S/C20H25NO/c1-3-10-20(17(2)22)21(15-18-11-6-4-7-12-18)16-19-13-8-5-9-14-19/h4-9,11-14,20H,3,10,15-16H2,1-2H3. The Morgan fingerprint density at radius 2 is 1.36 bits per heavy atom. The fraction of sp³-hybridized carbons (Fsp3) is 0.350. The van der Waals surface area contributed by atoms with Gasteiger partial charge in [0.05, 0.1) is 6.04 Å². The Labute approximate surface area is 133 Å². The van der Waals surface area contributed by atoms with Crippen LogP contribution in [0.3, 0.4) is 0 Å². The maximum absolute atomic E-state index is 12.1. The smallest absolute Gasteiger partial charge is 0.146 e. The Morgan fingerprint density at radius 1 is 0.909 bits per heavy atom. The molecule has 1 unspecified atom stereocenters. The van der Waals surface area contributed by atoms with Gasteiger partial charge in [-0.15, -0.1) is 0 Å². The van der Waals surface area contributed by atoms with Gasteiger partial charge < -0.3 is 0 Å². The number of nitrogens with zero attached hydrogens (tertiary/aromatic N) is 1. The fourth-order valence-electron chi connectivity index (χ4n) is 2.83. The Morgan fingerprint density at radius 3 is 1.73 bits per heavy atom. The molecule has 0 amide bonds. The topological polar surface area (TPSA) is 20.3 Å². The van der Waals surface area contributed by atoms with Crippen molar-refractivity contribution in [1.82, 2.24) is 4.90 Å². The number of ketones is 1. The molecule has 2 aromatic rings. The zero-order valence-electron chi connectivity index (χ0n) is 13.5. The number of hydrogen-bond acceptors (Lipinski definition) is 2. The Kier molecular flexibility index (Phi) is 6.35. The molecule has 2 aromatic carbocycles. The largest absolute Gasteiger partial charge is 0.298 e. The maximum atomic E-state index is 12.1. The van der Waals surface area contributed by atoms with E-state index in [0.717, 1.165) is 25.9 Å². The molecule has 2 rings (SSSR count). The molecule has 0 spiro atoms. The Hall–Kier alpha value is -1.93. The molecular weight excluding hydrogens is 270 g/mol. The van der Waals surface area contributed by atoms with E-state index in [4.69, 9.17) is 0 Å². The minimum Gasteiger partial charge on any atom is -0.298 e. The van der Waals surface area contributed by atoms with Crippen molar-refractivity contribution in [3.63, 3.8) is 0 Å². The highest BCUT2D eigenvalue weighted by Crippen LogP contribution is 2.17. The molecule has 2 heteroatoms. The van der Waals surface area contributed by atoms with Crippen LogP contribution in [-0.2, 0) is 17.9 Å². The molecule has 1 atom stereocenters. The van der Waals surface area contributed by atoms with Crippen LogP contribution >= 0.6 is 0 Å². The van der Waals surface area contributed by atoms with Crippen LogP contribution in [0, 0.1) is 0 Å². The van der Waals surface area contributed by atoms with E-state index in [9.17, 15) is 4.79 Å². The predicted octanol–water partition coefficient (Wildman–Crippen LogP) is 4.45. The van der Waals surface area contributed by atoms with Gasteiger partial charge >= 0.3 is 0 Å². The summed E-state index contributed by atoms with van der Waals surface area (Å²) >= 11 is 0. The van der Waals surface area contributed by atoms with Crippen molar-refractivity contribution in [3.05, 3.63) is 71.8 Å². The van der Waals surface area contributed by atoms with Gasteiger partial charge in [-0.25, -0.2) is 0 Å². The van der Waals surface area contributed by atoms with Crippen LogP contribution in [0.1, 0.15) is 37.8 Å². The highest BCUT2D eigenvalue weighted by Gasteiger charge is 2.22. The zero-order valence-corrected chi connectivity index (χ0v) is 13.5. The first-order chi connectivity index (χ1) is 10.7. The average molecular weight is 295 g/mol. The van der Waals surface area contributed by atoms with Gasteiger partial charge in [0, 0.05) is 13.1 Å². The third-order valence-electron chi connectivity index (χ3n) is 3.93. The summed E-state index contributed by atoms with van der Waals surface area (Å²) in [6.07, 6.45) is 1.93. The molecule has 0 saturated carbocycles. The molecule has 0 aliphatic rings. The number of carbonyl (C=O) groups is 1. The molecule has 116 valence electrons. The van der Waals surface area contributed by atoms with Crippen molar-refractivity contribution in [1.29, 1.82) is 0 Å². The van der Waals surface area contributed by atoms with E-state index < -0.39 is 0 Å². The van der Waals surface area contributed by atoms with Crippen LogP contribution in [0.4, 0.5) is 0 Å². The lowest BCUT2D eigenvalue weighted by atomic mass is 10.0. The quantitative estimate of drug-likeness (QED) is 0.717. The number of benzene rings is 2. The first kappa shape index (κ1) is 16.4. The van der Waals surface area contributed by atoms with Gasteiger partial charge in [-0.2, -0.15) is 0 Å². The van der Waals surface area contributed by atoms with Gasteiger partial charge in [0.2, 0.25) is 0 Å². The number of rotatable bonds is 8. The second-order valence-electron chi connectivity index (χ2n) is 5.79. The summed E-state index contributed by atoms with van der Waals surface area (Å²) in [5.41, 5.74) is 2.50. The van der Waals surface area contributed by atoms with E-state index in [-0.39, 0.29) is 11.8 Å². The summed E-state index contributed by atoms with van der Waals surface area (Å²) in [6, 6.07) is 20.8. The van der Waals surface area contributed by atoms with Crippen LogP contribution < -0.4 is 0 Å². The number of Topliss-reactive ketones (excluding diaryl/α,β-unsaturated/α-hetero) is 1. The summed E-state index contributed by atoms with van der Waals surface area (Å²) in [5, 5.41) is 0. The molecule has 0 aliphatic carbocycles. The fourth-order valence-corrected chi connectivity index (χ4v) is 2.83. The molecule has 0 heterocycles. The lowest BCUT2D eigenvalue weighted by molar-refractivity contribution is -0.122. The average Bonchev–Trinajstić information content (AvgIpc) is 2.54. The van der Waals surface area contributed by atoms with Gasteiger partial charge in [0.25, 0.3) is 0 Å². The lowest BCUT2D eigenvalue weighted by Gasteiger charge is -2.30. The Bertz CT molecular complexity index is 523. The molecule has 0 N–H and O–H groups in total. The highest BCUT2D eigenvalue weighted by atomic mass is 16.1. The van der Waals surface area contributed by atoms with Crippen molar-refractivity contribution in [2.45, 2.75) is 45.8 Å². The molecule has 0 radical (unpaired) electrons. The van der Waals surface area contributed by atoms with Crippen molar-refractivity contribution >= 4 is 5.78 Å². The molecule has 0 aromatic heterocycles. The summed E-state index contributed by atoms with van der Waals surface area (Å²) in [6.45, 7) is 5.46. The van der Waals surface area contributed by atoms with Crippen LogP contribution in [-0.4, -0.2) is 16.7 Å². The van der Waals surface area contributed by atoms with E-state index in [2.05, 4.69) is 60.4 Å². The maximum Gasteiger partial charge on any atom is 0.146 e. The van der Waals surface area contributed by atoms with Gasteiger partial charge in [-0.1, -0.05) is 74.0 Å². The first-order valence-corrected chi connectivity index (χ1v) is 8.03.